The highest BCUT2D eigenvalue weighted by atomic mass is 35.5. The normalized spacial score (nSPS) is 20.0. The molecule has 0 amide bonds. The highest BCUT2D eigenvalue weighted by Crippen LogP contribution is 2.27. The fraction of sp³-hybridized carbons (Fsp3) is 0.533. The van der Waals surface area contributed by atoms with Crippen molar-refractivity contribution >= 4 is 17.6 Å². The summed E-state index contributed by atoms with van der Waals surface area (Å²) in [6.45, 7) is 2.83. The summed E-state index contributed by atoms with van der Waals surface area (Å²) in [6, 6.07) is 7.35. The Morgan fingerprint density at radius 3 is 2.62 bits per heavy atom. The predicted octanol–water partition coefficient (Wildman–Crippen LogP) is 2.02. The van der Waals surface area contributed by atoms with Crippen molar-refractivity contribution in [1.29, 1.82) is 0 Å². The molecule has 0 aliphatic carbocycles. The molecule has 0 aromatic heterocycles. The smallest absolute Gasteiger partial charge is 0.336 e. The van der Waals surface area contributed by atoms with E-state index in [4.69, 9.17) is 21.4 Å². The second-order valence-electron chi connectivity index (χ2n) is 5.60. The number of nitrogens with zero attached hydrogens (tertiary/aromatic N) is 1. The van der Waals surface area contributed by atoms with E-state index in [1.807, 2.05) is 23.1 Å². The largest absolute Gasteiger partial charge is 0.489 e. The number of carboxylic acid groups (broad SMARTS) is 1. The SMILES string of the molecule is CC(O)(CN1CCC(Oc2ccccc2Cl)CC1)C(=O)O. The predicted molar refractivity (Wildman–Crippen MR) is 79.8 cm³/mol. The molecule has 1 aliphatic heterocycles. The highest BCUT2D eigenvalue weighted by Gasteiger charge is 2.34. The Bertz CT molecular complexity index is 498. The van der Waals surface area contributed by atoms with Gasteiger partial charge in [0.1, 0.15) is 11.9 Å². The molecule has 2 N–H and O–H groups in total. The maximum Gasteiger partial charge on any atom is 0.336 e. The molecule has 0 saturated carbocycles. The Morgan fingerprint density at radius 2 is 2.05 bits per heavy atom. The number of hydrogen-bond acceptors (Lipinski definition) is 4. The molecule has 1 fully saturated rings. The Labute approximate surface area is 129 Å². The Balaban J connectivity index is 1.84. The Kier molecular flexibility index (Phi) is 5.08. The van der Waals surface area contributed by atoms with E-state index in [0.717, 1.165) is 12.8 Å². The highest BCUT2D eigenvalue weighted by molar-refractivity contribution is 6.32. The van der Waals surface area contributed by atoms with Crippen LogP contribution in [0.5, 0.6) is 5.75 Å². The number of carbonyl (C=O) groups is 1. The molecule has 21 heavy (non-hydrogen) atoms. The zero-order valence-corrected chi connectivity index (χ0v) is 12.7. The number of likely N-dealkylation sites (tertiary alicyclic amines) is 1. The molecular weight excluding hydrogens is 294 g/mol. The minimum atomic E-state index is -1.71. The third-order valence-electron chi connectivity index (χ3n) is 3.66. The zero-order chi connectivity index (χ0) is 15.5. The summed E-state index contributed by atoms with van der Waals surface area (Å²) in [6.07, 6.45) is 1.62. The van der Waals surface area contributed by atoms with Crippen LogP contribution >= 0.6 is 11.6 Å². The number of hydrogen-bond donors (Lipinski definition) is 2. The van der Waals surface area contributed by atoms with Gasteiger partial charge in [0, 0.05) is 19.6 Å². The molecule has 0 spiro atoms. The lowest BCUT2D eigenvalue weighted by Gasteiger charge is -2.35. The first kappa shape index (κ1) is 16.1. The van der Waals surface area contributed by atoms with Crippen molar-refractivity contribution in [1.82, 2.24) is 4.90 Å². The average molecular weight is 314 g/mol. The molecule has 1 saturated heterocycles. The van der Waals surface area contributed by atoms with Crippen molar-refractivity contribution < 1.29 is 19.7 Å². The fourth-order valence-corrected chi connectivity index (χ4v) is 2.59. The van der Waals surface area contributed by atoms with Gasteiger partial charge >= 0.3 is 5.97 Å². The first-order chi connectivity index (χ1) is 9.88. The van der Waals surface area contributed by atoms with E-state index in [9.17, 15) is 9.90 Å². The van der Waals surface area contributed by atoms with Crippen molar-refractivity contribution in [2.75, 3.05) is 19.6 Å². The van der Waals surface area contributed by atoms with Gasteiger partial charge in [-0.3, -0.25) is 4.90 Å². The van der Waals surface area contributed by atoms with Crippen LogP contribution in [0.4, 0.5) is 0 Å². The lowest BCUT2D eigenvalue weighted by molar-refractivity contribution is -0.158. The second kappa shape index (κ2) is 6.64. The second-order valence-corrected chi connectivity index (χ2v) is 6.01. The number of β-amino-alcohol motifs (C(OH)–C–C–N with tert-alkyl or cyclic N) is 1. The minimum Gasteiger partial charge on any atom is -0.489 e. The van der Waals surface area contributed by atoms with Crippen LogP contribution in [0.3, 0.4) is 0 Å². The van der Waals surface area contributed by atoms with Crippen LogP contribution in [0.2, 0.25) is 5.02 Å². The Morgan fingerprint density at radius 1 is 1.43 bits per heavy atom. The molecular formula is C15H20ClNO4. The molecule has 0 radical (unpaired) electrons. The molecule has 116 valence electrons. The first-order valence-electron chi connectivity index (χ1n) is 6.98. The molecule has 1 aromatic carbocycles. The summed E-state index contributed by atoms with van der Waals surface area (Å²) in [5.74, 6) is -0.521. The molecule has 1 unspecified atom stereocenters. The van der Waals surface area contributed by atoms with Crippen LogP contribution in [-0.2, 0) is 4.79 Å². The number of rotatable bonds is 5. The summed E-state index contributed by atoms with van der Waals surface area (Å²) in [5, 5.41) is 19.3. The van der Waals surface area contributed by atoms with Crippen LogP contribution in [0.15, 0.2) is 24.3 Å². The van der Waals surface area contributed by atoms with Crippen molar-refractivity contribution in [2.45, 2.75) is 31.5 Å². The van der Waals surface area contributed by atoms with Crippen LogP contribution < -0.4 is 4.74 Å². The van der Waals surface area contributed by atoms with Crippen LogP contribution in [0.25, 0.3) is 0 Å². The summed E-state index contributed by atoms with van der Waals surface area (Å²) < 4.78 is 5.87. The molecule has 2 rings (SSSR count). The maximum atomic E-state index is 10.9. The van der Waals surface area contributed by atoms with Gasteiger partial charge in [0.25, 0.3) is 0 Å². The Hall–Kier alpha value is -1.30. The van der Waals surface area contributed by atoms with Gasteiger partial charge in [-0.15, -0.1) is 0 Å². The fourth-order valence-electron chi connectivity index (χ4n) is 2.41. The van der Waals surface area contributed by atoms with E-state index in [1.165, 1.54) is 6.92 Å². The summed E-state index contributed by atoms with van der Waals surface area (Å²) in [7, 11) is 0. The van der Waals surface area contributed by atoms with Crippen LogP contribution in [-0.4, -0.2) is 52.4 Å². The van der Waals surface area contributed by atoms with Crippen LogP contribution in [0, 0.1) is 0 Å². The van der Waals surface area contributed by atoms with E-state index in [1.54, 1.807) is 6.07 Å². The van der Waals surface area contributed by atoms with Gasteiger partial charge in [-0.05, 0) is 31.9 Å². The summed E-state index contributed by atoms with van der Waals surface area (Å²) in [5.41, 5.74) is -1.71. The van der Waals surface area contributed by atoms with E-state index in [-0.39, 0.29) is 12.6 Å². The number of benzene rings is 1. The van der Waals surface area contributed by atoms with Gasteiger partial charge in [-0.2, -0.15) is 0 Å². The van der Waals surface area contributed by atoms with E-state index >= 15 is 0 Å². The number of aliphatic hydroxyl groups is 1. The first-order valence-corrected chi connectivity index (χ1v) is 7.35. The lowest BCUT2D eigenvalue weighted by atomic mass is 10.0. The number of aliphatic carboxylic acids is 1. The number of ether oxygens (including phenoxy) is 1. The maximum absolute atomic E-state index is 10.9. The van der Waals surface area contributed by atoms with Crippen molar-refractivity contribution in [3.63, 3.8) is 0 Å². The molecule has 0 bridgehead atoms. The molecule has 1 heterocycles. The number of halogens is 1. The van der Waals surface area contributed by atoms with Crippen molar-refractivity contribution in [2.24, 2.45) is 0 Å². The average Bonchev–Trinajstić information content (AvgIpc) is 2.43. The quantitative estimate of drug-likeness (QED) is 0.870. The van der Waals surface area contributed by atoms with Gasteiger partial charge < -0.3 is 14.9 Å². The van der Waals surface area contributed by atoms with Crippen molar-refractivity contribution in [3.05, 3.63) is 29.3 Å². The molecule has 6 heteroatoms. The third-order valence-corrected chi connectivity index (χ3v) is 3.97. The van der Waals surface area contributed by atoms with Gasteiger partial charge in [-0.25, -0.2) is 4.79 Å². The monoisotopic (exact) mass is 313 g/mol. The third kappa shape index (κ3) is 4.33. The lowest BCUT2D eigenvalue weighted by Crippen LogP contribution is -2.50. The number of para-hydroxylation sites is 1. The van der Waals surface area contributed by atoms with Gasteiger partial charge in [0.05, 0.1) is 5.02 Å². The minimum absolute atomic E-state index is 0.0657. The van der Waals surface area contributed by atoms with Crippen molar-refractivity contribution in [3.8, 4) is 5.75 Å². The van der Waals surface area contributed by atoms with E-state index < -0.39 is 11.6 Å². The van der Waals surface area contributed by atoms with E-state index in [0.29, 0.717) is 23.9 Å². The van der Waals surface area contributed by atoms with Gasteiger partial charge in [0.15, 0.2) is 5.60 Å². The topological polar surface area (TPSA) is 70.0 Å². The van der Waals surface area contributed by atoms with Gasteiger partial charge in [0.2, 0.25) is 0 Å². The summed E-state index contributed by atoms with van der Waals surface area (Å²) in [4.78, 5) is 12.9. The number of piperidine rings is 1. The molecule has 1 atom stereocenters. The number of carboxylic acids is 1. The standard InChI is InChI=1S/C15H20ClNO4/c1-15(20,14(18)19)10-17-8-6-11(7-9-17)21-13-5-3-2-4-12(13)16/h2-5,11,20H,6-10H2,1H3,(H,18,19). The zero-order valence-electron chi connectivity index (χ0n) is 12.0. The molecule has 5 nitrogen and oxygen atoms in total. The summed E-state index contributed by atoms with van der Waals surface area (Å²) >= 11 is 6.06. The van der Waals surface area contributed by atoms with Gasteiger partial charge in [-0.1, -0.05) is 23.7 Å². The molecule has 1 aliphatic rings. The van der Waals surface area contributed by atoms with E-state index in [2.05, 4.69) is 0 Å². The van der Waals surface area contributed by atoms with Crippen LogP contribution in [0.1, 0.15) is 19.8 Å². The molecule has 1 aromatic rings.